The first kappa shape index (κ1) is 14.5. The Morgan fingerprint density at radius 3 is 2.57 bits per heavy atom. The van der Waals surface area contributed by atoms with E-state index in [1.54, 1.807) is 18.9 Å². The summed E-state index contributed by atoms with van der Waals surface area (Å²) >= 11 is 5.22. The number of halogens is 1. The Hall–Kier alpha value is -1.46. The molecular formula is C16H14BrNO2S. The fraction of sp³-hybridized carbons (Fsp3) is 0.188. The van der Waals surface area contributed by atoms with Crippen LogP contribution in [0.25, 0.3) is 0 Å². The summed E-state index contributed by atoms with van der Waals surface area (Å²) in [7, 11) is 1.63. The molecule has 1 aliphatic rings. The maximum Gasteiger partial charge on any atom is 0.238 e. The van der Waals surface area contributed by atoms with Crippen LogP contribution in [0.2, 0.25) is 0 Å². The Balaban J connectivity index is 1.97. The second-order valence-corrected chi connectivity index (χ2v) is 6.57. The molecule has 0 spiro atoms. The summed E-state index contributed by atoms with van der Waals surface area (Å²) in [5.41, 5.74) is 2.01. The average Bonchev–Trinajstić information content (AvgIpc) is 2.89. The predicted octanol–water partition coefficient (Wildman–Crippen LogP) is 4.24. The van der Waals surface area contributed by atoms with Crippen molar-refractivity contribution in [1.29, 1.82) is 0 Å². The highest BCUT2D eigenvalue weighted by Gasteiger charge is 2.34. The number of carbonyl (C=O) groups is 1. The van der Waals surface area contributed by atoms with E-state index in [9.17, 15) is 4.79 Å². The van der Waals surface area contributed by atoms with E-state index in [2.05, 4.69) is 22.0 Å². The molecule has 0 bridgehead atoms. The summed E-state index contributed by atoms with van der Waals surface area (Å²) in [6.07, 6.45) is 0. The lowest BCUT2D eigenvalue weighted by atomic mass is 10.2. The number of anilines is 1. The molecule has 0 N–H and O–H groups in total. The van der Waals surface area contributed by atoms with E-state index in [4.69, 9.17) is 4.74 Å². The normalized spacial score (nSPS) is 18.1. The third-order valence-electron chi connectivity index (χ3n) is 3.39. The lowest BCUT2D eigenvalue weighted by Crippen LogP contribution is -2.27. The number of methoxy groups -OCH3 is 1. The molecule has 2 aromatic rings. The van der Waals surface area contributed by atoms with Crippen LogP contribution >= 0.6 is 27.7 Å². The van der Waals surface area contributed by atoms with Gasteiger partial charge in [-0.1, -0.05) is 34.1 Å². The summed E-state index contributed by atoms with van der Waals surface area (Å²) < 4.78 is 6.20. The Kier molecular flexibility index (Phi) is 4.22. The van der Waals surface area contributed by atoms with Gasteiger partial charge in [0.15, 0.2) is 0 Å². The lowest BCUT2D eigenvalue weighted by molar-refractivity contribution is -0.115. The molecule has 1 heterocycles. The van der Waals surface area contributed by atoms with Crippen LogP contribution in [-0.4, -0.2) is 18.8 Å². The van der Waals surface area contributed by atoms with Gasteiger partial charge in [-0.3, -0.25) is 9.69 Å². The molecule has 1 amide bonds. The van der Waals surface area contributed by atoms with Crippen LogP contribution in [0.1, 0.15) is 10.9 Å². The van der Waals surface area contributed by atoms with Crippen molar-refractivity contribution in [2.75, 3.05) is 17.8 Å². The van der Waals surface area contributed by atoms with Crippen molar-refractivity contribution >= 4 is 39.3 Å². The number of benzene rings is 2. The van der Waals surface area contributed by atoms with Crippen LogP contribution in [0, 0.1) is 0 Å². The number of amides is 1. The summed E-state index contributed by atoms with van der Waals surface area (Å²) in [6, 6.07) is 15.6. The zero-order valence-electron chi connectivity index (χ0n) is 11.5. The molecular weight excluding hydrogens is 350 g/mol. The van der Waals surface area contributed by atoms with Gasteiger partial charge in [-0.25, -0.2) is 0 Å². The second-order valence-electron chi connectivity index (χ2n) is 4.65. The molecule has 2 aromatic carbocycles. The van der Waals surface area contributed by atoms with Gasteiger partial charge < -0.3 is 4.74 Å². The maximum atomic E-state index is 12.3. The van der Waals surface area contributed by atoms with Gasteiger partial charge >= 0.3 is 0 Å². The second kappa shape index (κ2) is 6.12. The number of hydrogen-bond acceptors (Lipinski definition) is 3. The molecule has 21 heavy (non-hydrogen) atoms. The Labute approximate surface area is 136 Å². The minimum Gasteiger partial charge on any atom is -0.497 e. The highest BCUT2D eigenvalue weighted by Crippen LogP contribution is 2.44. The van der Waals surface area contributed by atoms with Gasteiger partial charge in [0.05, 0.1) is 12.9 Å². The van der Waals surface area contributed by atoms with Crippen molar-refractivity contribution in [3.8, 4) is 5.75 Å². The highest BCUT2D eigenvalue weighted by molar-refractivity contribution is 9.10. The average molecular weight is 364 g/mol. The SMILES string of the molecule is COc1ccc(N2C(=O)CSC2c2ccccc2Br)cc1. The van der Waals surface area contributed by atoms with E-state index in [0.717, 1.165) is 21.5 Å². The van der Waals surface area contributed by atoms with Crippen molar-refractivity contribution < 1.29 is 9.53 Å². The largest absolute Gasteiger partial charge is 0.497 e. The van der Waals surface area contributed by atoms with Crippen LogP contribution in [0.3, 0.4) is 0 Å². The number of hydrogen-bond donors (Lipinski definition) is 0. The Morgan fingerprint density at radius 1 is 1.19 bits per heavy atom. The summed E-state index contributed by atoms with van der Waals surface area (Å²) in [5.74, 6) is 1.42. The number of nitrogens with zero attached hydrogens (tertiary/aromatic N) is 1. The smallest absolute Gasteiger partial charge is 0.238 e. The topological polar surface area (TPSA) is 29.5 Å². The third-order valence-corrected chi connectivity index (χ3v) is 5.31. The molecule has 3 nitrogen and oxygen atoms in total. The van der Waals surface area contributed by atoms with Gasteiger partial charge in [0.2, 0.25) is 5.91 Å². The first-order valence-electron chi connectivity index (χ1n) is 6.53. The molecule has 1 unspecified atom stereocenters. The predicted molar refractivity (Wildman–Crippen MR) is 89.8 cm³/mol. The van der Waals surface area contributed by atoms with E-state index in [1.807, 2.05) is 47.4 Å². The van der Waals surface area contributed by atoms with Gasteiger partial charge in [0.1, 0.15) is 11.1 Å². The molecule has 1 saturated heterocycles. The Bertz CT molecular complexity index is 660. The minimum absolute atomic E-state index is 0.00136. The third kappa shape index (κ3) is 2.80. The van der Waals surface area contributed by atoms with Crippen molar-refractivity contribution in [3.05, 3.63) is 58.6 Å². The van der Waals surface area contributed by atoms with E-state index in [-0.39, 0.29) is 11.3 Å². The zero-order valence-corrected chi connectivity index (χ0v) is 13.9. The quantitative estimate of drug-likeness (QED) is 0.816. The number of carbonyl (C=O) groups excluding carboxylic acids is 1. The van der Waals surface area contributed by atoms with Crippen LogP contribution in [0.15, 0.2) is 53.0 Å². The standard InChI is InChI=1S/C16H14BrNO2S/c1-20-12-8-6-11(7-9-12)18-15(19)10-21-16(18)13-4-2-3-5-14(13)17/h2-9,16H,10H2,1H3. The van der Waals surface area contributed by atoms with Crippen LogP contribution in [-0.2, 0) is 4.79 Å². The van der Waals surface area contributed by atoms with E-state index < -0.39 is 0 Å². The van der Waals surface area contributed by atoms with E-state index in [1.165, 1.54) is 0 Å². The van der Waals surface area contributed by atoms with Gasteiger partial charge in [-0.15, -0.1) is 11.8 Å². The van der Waals surface area contributed by atoms with Gasteiger partial charge in [0.25, 0.3) is 0 Å². The minimum atomic E-state index is 0.00136. The molecule has 108 valence electrons. The number of ether oxygens (including phenoxy) is 1. The number of thioether (sulfide) groups is 1. The molecule has 3 rings (SSSR count). The van der Waals surface area contributed by atoms with Gasteiger partial charge in [0, 0.05) is 10.2 Å². The van der Waals surface area contributed by atoms with Crippen LogP contribution < -0.4 is 9.64 Å². The molecule has 0 saturated carbocycles. The Morgan fingerprint density at radius 2 is 1.90 bits per heavy atom. The molecule has 0 aliphatic carbocycles. The fourth-order valence-electron chi connectivity index (χ4n) is 2.35. The van der Waals surface area contributed by atoms with Gasteiger partial charge in [-0.05, 0) is 35.9 Å². The summed E-state index contributed by atoms with van der Waals surface area (Å²) in [5, 5.41) is 0.00136. The monoisotopic (exact) mass is 363 g/mol. The summed E-state index contributed by atoms with van der Waals surface area (Å²) in [4.78, 5) is 14.1. The van der Waals surface area contributed by atoms with Crippen LogP contribution in [0.5, 0.6) is 5.75 Å². The highest BCUT2D eigenvalue weighted by atomic mass is 79.9. The molecule has 5 heteroatoms. The fourth-order valence-corrected chi connectivity index (χ4v) is 4.22. The molecule has 0 aromatic heterocycles. The molecule has 1 fully saturated rings. The molecule has 1 atom stereocenters. The molecule has 0 radical (unpaired) electrons. The van der Waals surface area contributed by atoms with Crippen molar-refractivity contribution in [3.63, 3.8) is 0 Å². The van der Waals surface area contributed by atoms with Crippen LogP contribution in [0.4, 0.5) is 5.69 Å². The first-order chi connectivity index (χ1) is 10.2. The van der Waals surface area contributed by atoms with E-state index in [0.29, 0.717) is 5.75 Å². The van der Waals surface area contributed by atoms with E-state index >= 15 is 0 Å². The van der Waals surface area contributed by atoms with Crippen molar-refractivity contribution in [2.24, 2.45) is 0 Å². The first-order valence-corrected chi connectivity index (χ1v) is 8.37. The van der Waals surface area contributed by atoms with Gasteiger partial charge in [-0.2, -0.15) is 0 Å². The van der Waals surface area contributed by atoms with Crippen molar-refractivity contribution in [1.82, 2.24) is 0 Å². The lowest BCUT2D eigenvalue weighted by Gasteiger charge is -2.25. The molecule has 1 aliphatic heterocycles. The maximum absolute atomic E-state index is 12.3. The zero-order chi connectivity index (χ0) is 14.8. The van der Waals surface area contributed by atoms with Crippen molar-refractivity contribution in [2.45, 2.75) is 5.37 Å². The summed E-state index contributed by atoms with van der Waals surface area (Å²) in [6.45, 7) is 0. The number of rotatable bonds is 3.